The van der Waals surface area contributed by atoms with Gasteiger partial charge in [-0.3, -0.25) is 9.59 Å². The Morgan fingerprint density at radius 3 is 2.14 bits per heavy atom. The van der Waals surface area contributed by atoms with Gasteiger partial charge in [0.1, 0.15) is 17.2 Å². The number of nitrogens with zero attached hydrogens (tertiary/aromatic N) is 2. The molecule has 0 spiro atoms. The fourth-order valence-corrected chi connectivity index (χ4v) is 2.74. The summed E-state index contributed by atoms with van der Waals surface area (Å²) in [6.45, 7) is 3.03. The molecule has 0 aromatic heterocycles. The number of benzene rings is 1. The van der Waals surface area contributed by atoms with Gasteiger partial charge in [0.05, 0.1) is 0 Å². The largest absolute Gasteiger partial charge is 0.341 e. The van der Waals surface area contributed by atoms with E-state index in [9.17, 15) is 18.4 Å². The first-order valence-corrected chi connectivity index (χ1v) is 7.39. The van der Waals surface area contributed by atoms with E-state index in [0.717, 1.165) is 12.1 Å². The molecule has 0 N–H and O–H groups in total. The van der Waals surface area contributed by atoms with Crippen LogP contribution >= 0.6 is 15.9 Å². The van der Waals surface area contributed by atoms with E-state index >= 15 is 0 Å². The highest BCUT2D eigenvalue weighted by atomic mass is 79.9. The first kappa shape index (κ1) is 15.9. The molecule has 1 aromatic carbocycles. The molecular weight excluding hydrogens is 346 g/mol. The average Bonchev–Trinajstić information content (AvgIpc) is 2.62. The fraction of sp³-hybridized carbons (Fsp3) is 0.429. The van der Waals surface area contributed by atoms with Crippen LogP contribution in [-0.2, 0) is 4.79 Å². The summed E-state index contributed by atoms with van der Waals surface area (Å²) < 4.78 is 27.9. The zero-order valence-electron chi connectivity index (χ0n) is 11.5. The molecule has 0 aliphatic carbocycles. The molecule has 0 unspecified atom stereocenters. The van der Waals surface area contributed by atoms with E-state index in [1.807, 2.05) is 0 Å². The maximum absolute atomic E-state index is 13.8. The van der Waals surface area contributed by atoms with E-state index in [4.69, 9.17) is 0 Å². The van der Waals surface area contributed by atoms with Gasteiger partial charge in [0.25, 0.3) is 5.91 Å². The van der Waals surface area contributed by atoms with E-state index < -0.39 is 23.1 Å². The van der Waals surface area contributed by atoms with E-state index in [2.05, 4.69) is 15.9 Å². The number of carbonyl (C=O) groups excluding carboxylic acids is 2. The molecule has 2 rings (SSSR count). The Kier molecular flexibility index (Phi) is 4.92. The molecule has 1 saturated heterocycles. The minimum Gasteiger partial charge on any atom is -0.341 e. The molecule has 0 bridgehead atoms. The van der Waals surface area contributed by atoms with Crippen LogP contribution in [0.2, 0.25) is 0 Å². The van der Waals surface area contributed by atoms with Crippen molar-refractivity contribution >= 4 is 27.7 Å². The van der Waals surface area contributed by atoms with Crippen molar-refractivity contribution in [2.24, 2.45) is 0 Å². The van der Waals surface area contributed by atoms with E-state index in [1.54, 1.807) is 4.90 Å². The van der Waals surface area contributed by atoms with Crippen LogP contribution in [0.4, 0.5) is 8.78 Å². The molecule has 0 radical (unpaired) electrons. The van der Waals surface area contributed by atoms with Crippen molar-refractivity contribution in [3.63, 3.8) is 0 Å². The molecule has 2 amide bonds. The molecular formula is C14H15BrF2N2O2. The van der Waals surface area contributed by atoms with Crippen molar-refractivity contribution in [1.29, 1.82) is 0 Å². The zero-order chi connectivity index (χ0) is 15.6. The SMILES string of the molecule is CC(=O)N1CCCN(C(=O)c2c(F)cc(Br)cc2F)CC1. The van der Waals surface area contributed by atoms with Crippen LogP contribution in [0, 0.1) is 11.6 Å². The predicted octanol–water partition coefficient (Wildman–Crippen LogP) is 2.42. The number of halogens is 3. The number of rotatable bonds is 1. The molecule has 4 nitrogen and oxygen atoms in total. The predicted molar refractivity (Wildman–Crippen MR) is 76.8 cm³/mol. The Hall–Kier alpha value is -1.50. The fourth-order valence-electron chi connectivity index (χ4n) is 2.34. The van der Waals surface area contributed by atoms with Crippen molar-refractivity contribution in [1.82, 2.24) is 9.80 Å². The van der Waals surface area contributed by atoms with Crippen molar-refractivity contribution in [2.75, 3.05) is 26.2 Å². The monoisotopic (exact) mass is 360 g/mol. The quantitative estimate of drug-likeness (QED) is 0.771. The normalized spacial score (nSPS) is 15.8. The summed E-state index contributed by atoms with van der Waals surface area (Å²) in [5, 5.41) is 0. The van der Waals surface area contributed by atoms with Crippen LogP contribution in [-0.4, -0.2) is 47.8 Å². The number of hydrogen-bond acceptors (Lipinski definition) is 2. The maximum Gasteiger partial charge on any atom is 0.259 e. The van der Waals surface area contributed by atoms with Gasteiger partial charge in [0.2, 0.25) is 5.91 Å². The molecule has 0 atom stereocenters. The van der Waals surface area contributed by atoms with Gasteiger partial charge in [-0.15, -0.1) is 0 Å². The lowest BCUT2D eigenvalue weighted by molar-refractivity contribution is -0.128. The second kappa shape index (κ2) is 6.51. The molecule has 1 aromatic rings. The van der Waals surface area contributed by atoms with Gasteiger partial charge in [0.15, 0.2) is 0 Å². The summed E-state index contributed by atoms with van der Waals surface area (Å²) >= 11 is 2.98. The van der Waals surface area contributed by atoms with Crippen molar-refractivity contribution < 1.29 is 18.4 Å². The summed E-state index contributed by atoms with van der Waals surface area (Å²) in [6, 6.07) is 2.13. The Bertz CT molecular complexity index is 557. The van der Waals surface area contributed by atoms with Crippen LogP contribution in [0.3, 0.4) is 0 Å². The number of amides is 2. The average molecular weight is 361 g/mol. The van der Waals surface area contributed by atoms with Gasteiger partial charge in [0, 0.05) is 37.6 Å². The van der Waals surface area contributed by atoms with Gasteiger partial charge in [-0.05, 0) is 18.6 Å². The van der Waals surface area contributed by atoms with Gasteiger partial charge in [-0.1, -0.05) is 15.9 Å². The van der Waals surface area contributed by atoms with Crippen molar-refractivity contribution in [3.05, 3.63) is 33.8 Å². The topological polar surface area (TPSA) is 40.6 Å². The maximum atomic E-state index is 13.8. The third-order valence-corrected chi connectivity index (χ3v) is 3.91. The van der Waals surface area contributed by atoms with E-state index in [-0.39, 0.29) is 16.9 Å². The third-order valence-electron chi connectivity index (χ3n) is 3.45. The Morgan fingerprint density at radius 1 is 1.05 bits per heavy atom. The highest BCUT2D eigenvalue weighted by Crippen LogP contribution is 2.21. The highest BCUT2D eigenvalue weighted by molar-refractivity contribution is 9.10. The molecule has 1 heterocycles. The lowest BCUT2D eigenvalue weighted by atomic mass is 10.1. The summed E-state index contributed by atoms with van der Waals surface area (Å²) in [5.41, 5.74) is -0.547. The first-order chi connectivity index (χ1) is 9.90. The van der Waals surface area contributed by atoms with Gasteiger partial charge in [-0.2, -0.15) is 0 Å². The zero-order valence-corrected chi connectivity index (χ0v) is 13.1. The van der Waals surface area contributed by atoms with Crippen LogP contribution < -0.4 is 0 Å². The van der Waals surface area contributed by atoms with Gasteiger partial charge in [-0.25, -0.2) is 8.78 Å². The smallest absolute Gasteiger partial charge is 0.259 e. The van der Waals surface area contributed by atoms with Gasteiger partial charge >= 0.3 is 0 Å². The third kappa shape index (κ3) is 3.58. The molecule has 7 heteroatoms. The number of carbonyl (C=O) groups is 2. The minimum absolute atomic E-state index is 0.0645. The molecule has 1 fully saturated rings. The summed E-state index contributed by atoms with van der Waals surface area (Å²) in [5.74, 6) is -2.52. The van der Waals surface area contributed by atoms with Crippen LogP contribution in [0.25, 0.3) is 0 Å². The number of hydrogen-bond donors (Lipinski definition) is 0. The molecule has 0 saturated carbocycles. The minimum atomic E-state index is -0.889. The van der Waals surface area contributed by atoms with Crippen molar-refractivity contribution in [3.8, 4) is 0 Å². The lowest BCUT2D eigenvalue weighted by Gasteiger charge is -2.22. The van der Waals surface area contributed by atoms with Crippen molar-refractivity contribution in [2.45, 2.75) is 13.3 Å². The Morgan fingerprint density at radius 2 is 1.57 bits per heavy atom. The lowest BCUT2D eigenvalue weighted by Crippen LogP contribution is -2.37. The Balaban J connectivity index is 2.19. The summed E-state index contributed by atoms with van der Waals surface area (Å²) in [6.07, 6.45) is 0.588. The summed E-state index contributed by atoms with van der Waals surface area (Å²) in [7, 11) is 0. The standard InChI is InChI=1S/C14H15BrF2N2O2/c1-9(20)18-3-2-4-19(6-5-18)14(21)13-11(16)7-10(15)8-12(13)17/h7-8H,2-6H2,1H3. The summed E-state index contributed by atoms with van der Waals surface area (Å²) in [4.78, 5) is 26.7. The van der Waals surface area contributed by atoms with Gasteiger partial charge < -0.3 is 9.80 Å². The Labute approximate surface area is 129 Å². The van der Waals surface area contributed by atoms with E-state index in [1.165, 1.54) is 11.8 Å². The molecule has 1 aliphatic rings. The first-order valence-electron chi connectivity index (χ1n) is 6.59. The van der Waals surface area contributed by atoms with Crippen LogP contribution in [0.5, 0.6) is 0 Å². The highest BCUT2D eigenvalue weighted by Gasteiger charge is 2.26. The van der Waals surface area contributed by atoms with E-state index in [0.29, 0.717) is 26.1 Å². The molecule has 1 aliphatic heterocycles. The molecule has 21 heavy (non-hydrogen) atoms. The van der Waals surface area contributed by atoms with Crippen LogP contribution in [0.1, 0.15) is 23.7 Å². The second-order valence-electron chi connectivity index (χ2n) is 4.90. The second-order valence-corrected chi connectivity index (χ2v) is 5.81. The molecule has 114 valence electrons. The van der Waals surface area contributed by atoms with Crippen LogP contribution in [0.15, 0.2) is 16.6 Å².